The van der Waals surface area contributed by atoms with Gasteiger partial charge < -0.3 is 46.1 Å². The lowest BCUT2D eigenvalue weighted by atomic mass is 9.73. The van der Waals surface area contributed by atoms with Crippen LogP contribution in [0.4, 0.5) is 93.4 Å². The van der Waals surface area contributed by atoms with Gasteiger partial charge >= 0.3 is 55.2 Å². The third-order valence-electron chi connectivity index (χ3n) is 24.5. The van der Waals surface area contributed by atoms with Crippen molar-refractivity contribution in [1.29, 1.82) is 0 Å². The Morgan fingerprint density at radius 1 is 0.364 bits per heavy atom. The molecule has 15 rings (SSSR count). The van der Waals surface area contributed by atoms with E-state index in [1.165, 1.54) is 20.8 Å². The zero-order valence-corrected chi connectivity index (χ0v) is 70.8. The number of piperidine rings is 3. The molecule has 9 fully saturated rings. The fraction of sp³-hybridized carbons (Fsp3) is 0.477. The molecule has 6 bridgehead atoms. The zero-order valence-electron chi connectivity index (χ0n) is 70.0. The summed E-state index contributed by atoms with van der Waals surface area (Å²) >= 11 is 0. The first kappa shape index (κ1) is 101. The number of hydrogen-bond donors (Lipinski definition) is 7. The van der Waals surface area contributed by atoms with Crippen molar-refractivity contribution in [3.63, 3.8) is 0 Å². The highest BCUT2D eigenvalue weighted by Crippen LogP contribution is 2.50. The van der Waals surface area contributed by atoms with Crippen LogP contribution in [0.5, 0.6) is 0 Å². The number of fused-ring (bicyclic) bond motifs is 6. The normalized spacial score (nSPS) is 26.2. The summed E-state index contributed by atoms with van der Waals surface area (Å²) in [6.45, 7) is 3.51. The third-order valence-corrected chi connectivity index (χ3v) is 25.0. The highest BCUT2D eigenvalue weighted by atomic mass is 32.2. The second-order valence-electron chi connectivity index (χ2n) is 33.6. The van der Waals surface area contributed by atoms with E-state index in [9.17, 15) is 131 Å². The number of nitrogens with one attached hydrogen (secondary N) is 7. The van der Waals surface area contributed by atoms with E-state index in [1.54, 1.807) is 71.6 Å². The van der Waals surface area contributed by atoms with Gasteiger partial charge in [0.25, 0.3) is 10.1 Å². The summed E-state index contributed by atoms with van der Waals surface area (Å²) in [5.74, 6) is -2.19. The average Bonchev–Trinajstić information content (AvgIpc) is 0.924. The van der Waals surface area contributed by atoms with Gasteiger partial charge in [-0.25, -0.2) is 14.4 Å². The van der Waals surface area contributed by atoms with Gasteiger partial charge in [-0.2, -0.15) is 87.4 Å². The van der Waals surface area contributed by atoms with Crippen molar-refractivity contribution in [1.82, 2.24) is 61.7 Å². The molecule has 12 amide bonds. The summed E-state index contributed by atoms with van der Waals surface area (Å²) in [7, 11) is -3.80. The molecule has 12 atom stereocenters. The van der Waals surface area contributed by atoms with Crippen molar-refractivity contribution in [3.8, 4) is 0 Å². The highest BCUT2D eigenvalue weighted by Gasteiger charge is 2.59. The fourth-order valence-electron chi connectivity index (χ4n) is 17.7. The summed E-state index contributed by atoms with van der Waals surface area (Å²) in [5.41, 5.74) is -13.1. The number of rotatable bonds is 22. The zero-order chi connectivity index (χ0) is 95.8. The number of alkyl halides is 18. The van der Waals surface area contributed by atoms with Gasteiger partial charge in [-0.3, -0.25) is 62.8 Å². The molecule has 9 heterocycles. The van der Waals surface area contributed by atoms with Crippen LogP contribution in [0.25, 0.3) is 0 Å². The Balaban J connectivity index is 0.000000183. The molecule has 0 saturated carbocycles. The smallest absolute Gasteiger partial charge is 0.372 e. The minimum atomic E-state index is -5.00. The Morgan fingerprint density at radius 3 is 0.871 bits per heavy atom. The fourth-order valence-corrected chi connectivity index (χ4v) is 18.1. The van der Waals surface area contributed by atoms with Crippen LogP contribution in [0, 0.1) is 0 Å². The van der Waals surface area contributed by atoms with E-state index in [1.807, 2.05) is 39.4 Å². The molecule has 0 aromatic heterocycles. The molecule has 0 spiro atoms. The first-order valence-corrected chi connectivity index (χ1v) is 42.4. The summed E-state index contributed by atoms with van der Waals surface area (Å²) in [6.07, 6.45) is -30.6. The summed E-state index contributed by atoms with van der Waals surface area (Å²) in [4.78, 5) is 115. The van der Waals surface area contributed by atoms with Gasteiger partial charge in [0.05, 0.1) is 170 Å². The molecule has 132 heavy (non-hydrogen) atoms. The number of ether oxygens (including phenoxy) is 3. The number of carbonyl (C=O) groups is 9. The molecule has 6 aromatic rings. The van der Waals surface area contributed by atoms with Crippen molar-refractivity contribution in [2.45, 2.75) is 155 Å². The van der Waals surface area contributed by atoms with E-state index in [0.717, 1.165) is 32.7 Å². The summed E-state index contributed by atoms with van der Waals surface area (Å²) < 4.78 is 288. The second-order valence-corrected chi connectivity index (χ2v) is 35.2. The number of urea groups is 3. The van der Waals surface area contributed by atoms with Crippen LogP contribution in [-0.2, 0) is 111 Å². The number of benzene rings is 6. The van der Waals surface area contributed by atoms with Crippen LogP contribution in [-0.4, -0.2) is 208 Å². The molecule has 27 nitrogen and oxygen atoms in total. The quantitative estimate of drug-likeness (QED) is 0.0189. The Bertz CT molecular complexity index is 5060. The molecular formula is C86H92F18N12O15S. The predicted molar refractivity (Wildman–Crippen MR) is 431 cm³/mol. The summed E-state index contributed by atoms with van der Waals surface area (Å²) in [6, 6.07) is 29.4. The van der Waals surface area contributed by atoms with Crippen molar-refractivity contribution in [2.24, 2.45) is 0 Å². The largest absolute Gasteiger partial charge is 0.416 e. The maximum Gasteiger partial charge on any atom is 0.416 e. The van der Waals surface area contributed by atoms with E-state index in [2.05, 4.69) is 31.9 Å². The molecule has 3 unspecified atom stereocenters. The SMILES string of the molecule is C.C[C@@H](OC[C@@]1(c2ccccc2)CC[C@]2(CN3C(=O)CNC3=O)CN1CC(=O)N2)c1cc(C(F)(F)F)cc(C(F)(F)F)c1.C[C@@H](OC[C@@]1(c2ccccc2)CC[C@]2(CN3C(=O)CNC3=O)CN1CC(=O)N2)c1cc(C(F)(F)F)cc(C(F)(F)F)c1.C[C@@H](OC[C@@]1(c2ccccc2)CC[C@]2(COS(C)(=O)=O)CN1CC(=O)N2)c1cc(C(F)(F)F)cc(C(F)(F)F)c1.O=C1CNC(=O)N1. The van der Waals surface area contributed by atoms with Crippen LogP contribution >= 0.6 is 0 Å². The number of nitrogens with zero attached hydrogens (tertiary/aromatic N) is 5. The Hall–Kier alpha value is -11.0. The Kier molecular flexibility index (Phi) is 29.6. The lowest BCUT2D eigenvalue weighted by Gasteiger charge is -2.57. The van der Waals surface area contributed by atoms with E-state index in [4.69, 9.17) is 18.4 Å². The molecule has 9 aliphatic heterocycles. The van der Waals surface area contributed by atoms with Gasteiger partial charge in [0, 0.05) is 19.6 Å². The minimum Gasteiger partial charge on any atom is -0.372 e. The Morgan fingerprint density at radius 2 is 0.636 bits per heavy atom. The third kappa shape index (κ3) is 23.4. The van der Waals surface area contributed by atoms with Crippen molar-refractivity contribution in [3.05, 3.63) is 212 Å². The van der Waals surface area contributed by atoms with Gasteiger partial charge in [0.2, 0.25) is 35.4 Å². The Labute approximate surface area is 743 Å². The number of amides is 12. The van der Waals surface area contributed by atoms with E-state index in [-0.39, 0.29) is 171 Å². The second kappa shape index (κ2) is 38.5. The van der Waals surface area contributed by atoms with Crippen LogP contribution in [0.2, 0.25) is 0 Å². The molecule has 9 aliphatic rings. The summed E-state index contributed by atoms with van der Waals surface area (Å²) in [5, 5.41) is 17.9. The average molecular weight is 1910 g/mol. The molecule has 7 N–H and O–H groups in total. The standard InChI is InChI=1S/2C28H28F6N4O4.C26H28F6N2O5S.C3H4N2O2.CH4/c2*1-17(18-9-20(27(29,30)31)11-21(10-18)28(32,33)34)42-16-26(19-5-3-2-4-6-19)8-7-25(14-37(26)13-22(39)36-25)15-38-23(40)12-35-24(38)41;1-17(18-10-20(25(27,28)29)12-21(11-18)26(30,31)32)38-16-24(19-6-4-3-5-7-19)9-8-23(15-39-40(2,36)37)14-34(24)13-22(35)33-23;6-2-1-4-3(7)5-2;/h2*2-6,9-11,17H,7-8,12-16H2,1H3,(H,35,41)(H,36,39);3-7,10-12,17H,8-9,13-16H2,1-2H3,(H,33,35);1H2,(H2,4,5,6,7);1H4/t2*17-,25-,26-;17-,23-,24-;;/m111../s1. The van der Waals surface area contributed by atoms with E-state index >= 15 is 0 Å². The van der Waals surface area contributed by atoms with Crippen LogP contribution in [0.1, 0.15) is 152 Å². The van der Waals surface area contributed by atoms with E-state index in [0.29, 0.717) is 68.5 Å². The predicted octanol–water partition coefficient (Wildman–Crippen LogP) is 12.5. The number of carbonyl (C=O) groups excluding carboxylic acids is 9. The molecule has 6 aromatic carbocycles. The molecule has 718 valence electrons. The number of halogens is 18. The monoisotopic (exact) mass is 1910 g/mol. The maximum atomic E-state index is 13.5. The van der Waals surface area contributed by atoms with E-state index < -0.39 is 162 Å². The van der Waals surface area contributed by atoms with Gasteiger partial charge in [-0.05, 0) is 147 Å². The van der Waals surface area contributed by atoms with Gasteiger partial charge in [-0.15, -0.1) is 0 Å². The van der Waals surface area contributed by atoms with Crippen LogP contribution in [0.15, 0.2) is 146 Å². The number of imide groups is 3. The molecule has 0 radical (unpaired) electrons. The van der Waals surface area contributed by atoms with Crippen LogP contribution in [0.3, 0.4) is 0 Å². The van der Waals surface area contributed by atoms with Gasteiger partial charge in [-0.1, -0.05) is 98.4 Å². The molecule has 46 heteroatoms. The highest BCUT2D eigenvalue weighted by molar-refractivity contribution is 7.86. The maximum absolute atomic E-state index is 13.5. The minimum absolute atomic E-state index is 0. The molecular weight excluding hydrogens is 1820 g/mol. The lowest BCUT2D eigenvalue weighted by Crippen LogP contribution is -2.74. The number of hydrogen-bond acceptors (Lipinski definition) is 18. The van der Waals surface area contributed by atoms with Crippen molar-refractivity contribution in [2.75, 3.05) is 105 Å². The first-order valence-electron chi connectivity index (χ1n) is 40.6. The van der Waals surface area contributed by atoms with Crippen LogP contribution < -0.4 is 37.2 Å². The van der Waals surface area contributed by atoms with Gasteiger partial charge in [0.1, 0.15) is 0 Å². The number of piperazine rings is 3. The van der Waals surface area contributed by atoms with Crippen molar-refractivity contribution >= 4 is 63.7 Å². The van der Waals surface area contributed by atoms with Gasteiger partial charge in [0.15, 0.2) is 0 Å². The first-order chi connectivity index (χ1) is 60.9. The topological polar surface area (TPSA) is 325 Å². The molecule has 9 saturated heterocycles. The van der Waals surface area contributed by atoms with Crippen molar-refractivity contribution < 1.29 is 149 Å². The lowest BCUT2D eigenvalue weighted by molar-refractivity contribution is -0.147. The molecule has 0 aliphatic carbocycles.